The zero-order valence-corrected chi connectivity index (χ0v) is 14.0. The van der Waals surface area contributed by atoms with Crippen molar-refractivity contribution in [3.8, 4) is 0 Å². The van der Waals surface area contributed by atoms with Gasteiger partial charge in [0.05, 0.1) is 4.92 Å². The Kier molecular flexibility index (Phi) is 6.32. The van der Waals surface area contributed by atoms with Gasteiger partial charge < -0.3 is 9.80 Å². The maximum atomic E-state index is 12.6. The number of carbonyl (C=O) groups excluding carboxylic acids is 1. The molecular formula is C14H21Cl2N3O3. The van der Waals surface area contributed by atoms with Gasteiger partial charge in [0.2, 0.25) is 0 Å². The van der Waals surface area contributed by atoms with E-state index in [0.29, 0.717) is 26.2 Å². The van der Waals surface area contributed by atoms with E-state index >= 15 is 0 Å². The average molecular weight is 350 g/mol. The van der Waals surface area contributed by atoms with E-state index in [4.69, 9.17) is 23.2 Å². The molecule has 2 rings (SSSR count). The minimum absolute atomic E-state index is 0.156. The normalized spacial score (nSPS) is 20.9. The van der Waals surface area contributed by atoms with Crippen molar-refractivity contribution in [1.82, 2.24) is 9.80 Å². The third kappa shape index (κ3) is 4.04. The van der Waals surface area contributed by atoms with Crippen molar-refractivity contribution in [2.75, 3.05) is 26.2 Å². The molecule has 0 aromatic heterocycles. The Labute approximate surface area is 140 Å². The fraction of sp³-hybridized carbons (Fsp3) is 0.786. The van der Waals surface area contributed by atoms with E-state index in [1.165, 1.54) is 0 Å². The van der Waals surface area contributed by atoms with Crippen molar-refractivity contribution in [3.05, 3.63) is 21.5 Å². The Morgan fingerprint density at radius 1 is 0.909 bits per heavy atom. The first kappa shape index (κ1) is 17.3. The van der Waals surface area contributed by atoms with Crippen molar-refractivity contribution in [1.29, 1.82) is 0 Å². The monoisotopic (exact) mass is 349 g/mol. The Morgan fingerprint density at radius 2 is 1.36 bits per heavy atom. The van der Waals surface area contributed by atoms with Crippen LogP contribution in [0.3, 0.4) is 0 Å². The minimum atomic E-state index is -1.08. The number of amides is 1. The van der Waals surface area contributed by atoms with Gasteiger partial charge in [-0.3, -0.25) is 14.9 Å². The van der Waals surface area contributed by atoms with Crippen LogP contribution < -0.4 is 0 Å². The molecule has 8 heteroatoms. The summed E-state index contributed by atoms with van der Waals surface area (Å²) in [5.41, 5.74) is -0.303. The number of hydrogen-bond acceptors (Lipinski definition) is 4. The highest BCUT2D eigenvalue weighted by Crippen LogP contribution is 2.27. The highest BCUT2D eigenvalue weighted by molar-refractivity contribution is 6.46. The highest BCUT2D eigenvalue weighted by Gasteiger charge is 2.37. The minimum Gasteiger partial charge on any atom is -0.367 e. The number of carbonyl (C=O) groups is 1. The number of halogens is 2. The topological polar surface area (TPSA) is 66.7 Å². The molecule has 2 aliphatic heterocycles. The van der Waals surface area contributed by atoms with Gasteiger partial charge in [-0.25, -0.2) is 0 Å². The van der Waals surface area contributed by atoms with E-state index in [2.05, 4.69) is 0 Å². The van der Waals surface area contributed by atoms with E-state index in [1.54, 1.807) is 9.80 Å². The van der Waals surface area contributed by atoms with Crippen LogP contribution in [0.4, 0.5) is 0 Å². The van der Waals surface area contributed by atoms with Crippen molar-refractivity contribution in [3.63, 3.8) is 0 Å². The van der Waals surface area contributed by atoms with Crippen molar-refractivity contribution in [2.45, 2.75) is 43.4 Å². The first-order valence-corrected chi connectivity index (χ1v) is 8.60. The van der Waals surface area contributed by atoms with E-state index in [1.807, 2.05) is 0 Å². The smallest absolute Gasteiger partial charge is 0.355 e. The van der Waals surface area contributed by atoms with Gasteiger partial charge in [0.1, 0.15) is 5.70 Å². The third-order valence-corrected chi connectivity index (χ3v) is 4.59. The van der Waals surface area contributed by atoms with Crippen molar-refractivity contribution in [2.24, 2.45) is 0 Å². The molecule has 0 saturated carbocycles. The number of nitro groups is 1. The number of allylic oxidation sites excluding steroid dienone is 1. The summed E-state index contributed by atoms with van der Waals surface area (Å²) in [5.74, 6) is -0.559. The molecule has 124 valence electrons. The summed E-state index contributed by atoms with van der Waals surface area (Å²) in [6, 6.07) is 0. The molecule has 0 radical (unpaired) electrons. The zero-order valence-electron chi connectivity index (χ0n) is 12.5. The SMILES string of the molecule is O=C(C(=C(C(Cl)Cl)N1CCCCC1)[N+](=O)[O-])N1CCCCC1. The second kappa shape index (κ2) is 8.02. The fourth-order valence-electron chi connectivity index (χ4n) is 3.05. The predicted molar refractivity (Wildman–Crippen MR) is 85.4 cm³/mol. The lowest BCUT2D eigenvalue weighted by Crippen LogP contribution is -2.42. The second-order valence-corrected chi connectivity index (χ2v) is 6.79. The van der Waals surface area contributed by atoms with E-state index in [9.17, 15) is 14.9 Å². The number of likely N-dealkylation sites (tertiary alicyclic amines) is 2. The molecule has 0 aromatic carbocycles. The van der Waals surface area contributed by atoms with E-state index in [0.717, 1.165) is 38.5 Å². The number of alkyl halides is 2. The zero-order chi connectivity index (χ0) is 16.1. The van der Waals surface area contributed by atoms with Crippen LogP contribution in [0.25, 0.3) is 0 Å². The highest BCUT2D eigenvalue weighted by atomic mass is 35.5. The molecule has 6 nitrogen and oxygen atoms in total. The Bertz CT molecular complexity index is 456. The molecule has 0 N–H and O–H groups in total. The summed E-state index contributed by atoms with van der Waals surface area (Å²) in [6.45, 7) is 2.41. The summed E-state index contributed by atoms with van der Waals surface area (Å²) in [6.07, 6.45) is 5.72. The number of rotatable bonds is 4. The second-order valence-electron chi connectivity index (χ2n) is 5.69. The Hall–Kier alpha value is -1.01. The summed E-state index contributed by atoms with van der Waals surface area (Å²) < 4.78 is 0. The van der Waals surface area contributed by atoms with Crippen LogP contribution in [0.15, 0.2) is 11.4 Å². The number of piperidine rings is 2. The van der Waals surface area contributed by atoms with Crippen LogP contribution >= 0.6 is 23.2 Å². The Morgan fingerprint density at radius 3 is 1.77 bits per heavy atom. The van der Waals surface area contributed by atoms with Crippen LogP contribution in [0, 0.1) is 10.1 Å². The summed E-state index contributed by atoms with van der Waals surface area (Å²) >= 11 is 12.0. The van der Waals surface area contributed by atoms with Gasteiger partial charge in [-0.15, -0.1) is 0 Å². The van der Waals surface area contributed by atoms with E-state index in [-0.39, 0.29) is 5.70 Å². The van der Waals surface area contributed by atoms with Crippen LogP contribution in [-0.2, 0) is 4.79 Å². The average Bonchev–Trinajstić information content (AvgIpc) is 2.52. The largest absolute Gasteiger partial charge is 0.367 e. The van der Waals surface area contributed by atoms with Crippen molar-refractivity contribution < 1.29 is 9.72 Å². The fourth-order valence-corrected chi connectivity index (χ4v) is 3.54. The third-order valence-electron chi connectivity index (χ3n) is 4.17. The summed E-state index contributed by atoms with van der Waals surface area (Å²) in [5, 5.41) is 11.5. The van der Waals surface area contributed by atoms with Gasteiger partial charge in [-0.05, 0) is 38.5 Å². The van der Waals surface area contributed by atoms with Gasteiger partial charge in [-0.2, -0.15) is 0 Å². The lowest BCUT2D eigenvalue weighted by Gasteiger charge is -2.32. The maximum absolute atomic E-state index is 12.6. The maximum Gasteiger partial charge on any atom is 0.355 e. The predicted octanol–water partition coefficient (Wildman–Crippen LogP) is 2.78. The quantitative estimate of drug-likeness (QED) is 0.338. The van der Waals surface area contributed by atoms with Crippen LogP contribution in [0.2, 0.25) is 0 Å². The molecule has 2 saturated heterocycles. The van der Waals surface area contributed by atoms with Gasteiger partial charge in [0.25, 0.3) is 0 Å². The number of nitrogens with zero attached hydrogens (tertiary/aromatic N) is 3. The molecule has 0 aliphatic carbocycles. The standard InChI is InChI=1S/C14H21Cl2N3O3/c15-13(16)11(17-7-3-1-4-8-17)12(19(21)22)14(20)18-9-5-2-6-10-18/h13H,1-10H2. The first-order valence-electron chi connectivity index (χ1n) is 7.73. The number of hydrogen-bond donors (Lipinski definition) is 0. The molecule has 0 spiro atoms. The van der Waals surface area contributed by atoms with Gasteiger partial charge >= 0.3 is 11.6 Å². The molecule has 0 aromatic rings. The van der Waals surface area contributed by atoms with Gasteiger partial charge in [0, 0.05) is 26.2 Å². The lowest BCUT2D eigenvalue weighted by molar-refractivity contribution is -0.422. The summed E-state index contributed by atoms with van der Waals surface area (Å²) in [7, 11) is 0. The lowest BCUT2D eigenvalue weighted by atomic mass is 10.1. The summed E-state index contributed by atoms with van der Waals surface area (Å²) in [4.78, 5) is 25.8. The van der Waals surface area contributed by atoms with Crippen LogP contribution in [0.1, 0.15) is 38.5 Å². The van der Waals surface area contributed by atoms with Crippen LogP contribution in [-0.4, -0.2) is 51.6 Å². The molecule has 22 heavy (non-hydrogen) atoms. The van der Waals surface area contributed by atoms with Gasteiger partial charge in [0.15, 0.2) is 4.84 Å². The first-order chi connectivity index (χ1) is 10.5. The molecule has 0 bridgehead atoms. The Balaban J connectivity index is 2.34. The molecule has 0 atom stereocenters. The molecule has 2 aliphatic rings. The van der Waals surface area contributed by atoms with E-state index < -0.39 is 21.4 Å². The molecule has 0 unspecified atom stereocenters. The molecule has 2 heterocycles. The van der Waals surface area contributed by atoms with Gasteiger partial charge in [-0.1, -0.05) is 23.2 Å². The van der Waals surface area contributed by atoms with Crippen molar-refractivity contribution >= 4 is 29.1 Å². The van der Waals surface area contributed by atoms with Crippen LogP contribution in [0.5, 0.6) is 0 Å². The molecular weight excluding hydrogens is 329 g/mol. The molecule has 1 amide bonds. The molecule has 2 fully saturated rings.